The molecule has 21 heavy (non-hydrogen) atoms. The molecule has 2 N–H and O–H groups in total. The van der Waals surface area contributed by atoms with Crippen LogP contribution in [-0.2, 0) is 6.54 Å². The van der Waals surface area contributed by atoms with Gasteiger partial charge in [-0.2, -0.15) is 11.8 Å². The van der Waals surface area contributed by atoms with E-state index in [4.69, 9.17) is 4.42 Å². The van der Waals surface area contributed by atoms with E-state index in [1.165, 1.54) is 12.8 Å². The summed E-state index contributed by atoms with van der Waals surface area (Å²) in [5.74, 6) is 2.51. The zero-order chi connectivity index (χ0) is 15.2. The first-order valence-electron chi connectivity index (χ1n) is 7.67. The minimum absolute atomic E-state index is 0.129. The quantitative estimate of drug-likeness (QED) is 0.876. The molecule has 118 valence electrons. The fraction of sp³-hybridized carbons (Fsp3) is 0.733. The van der Waals surface area contributed by atoms with E-state index < -0.39 is 0 Å². The Morgan fingerprint density at radius 1 is 1.43 bits per heavy atom. The lowest BCUT2D eigenvalue weighted by Gasteiger charge is -2.29. The number of hydrogen-bond donors (Lipinski definition) is 2. The summed E-state index contributed by atoms with van der Waals surface area (Å²) in [6.07, 6.45) is 4.61. The van der Waals surface area contributed by atoms with Gasteiger partial charge in [-0.25, -0.2) is 9.78 Å². The second-order valence-corrected chi connectivity index (χ2v) is 7.09. The zero-order valence-corrected chi connectivity index (χ0v) is 13.9. The minimum atomic E-state index is -0.129. The molecule has 0 spiro atoms. The molecule has 0 unspecified atom stereocenters. The number of nitrogens with zero attached hydrogens (tertiary/aromatic N) is 1. The Hall–Kier alpha value is -1.17. The van der Waals surface area contributed by atoms with Crippen molar-refractivity contribution in [3.63, 3.8) is 0 Å². The molecule has 6 heteroatoms. The number of amides is 2. The topological polar surface area (TPSA) is 67.2 Å². The Bertz CT molecular complexity index is 454. The fourth-order valence-corrected chi connectivity index (χ4v) is 3.84. The van der Waals surface area contributed by atoms with Crippen molar-refractivity contribution in [1.29, 1.82) is 0 Å². The molecule has 0 radical (unpaired) electrons. The maximum atomic E-state index is 11.9. The number of oxazole rings is 1. The molecule has 1 aromatic heterocycles. The van der Waals surface area contributed by atoms with Gasteiger partial charge in [0.25, 0.3) is 0 Å². The van der Waals surface area contributed by atoms with E-state index in [2.05, 4.69) is 22.5 Å². The number of aryl methyl sites for hydroxylation is 2. The number of thioether (sulfide) groups is 1. The Morgan fingerprint density at radius 3 is 2.90 bits per heavy atom. The Kier molecular flexibility index (Phi) is 5.96. The van der Waals surface area contributed by atoms with Gasteiger partial charge < -0.3 is 15.1 Å². The van der Waals surface area contributed by atoms with Crippen LogP contribution in [0.5, 0.6) is 0 Å². The predicted molar refractivity (Wildman–Crippen MR) is 85.5 cm³/mol. The van der Waals surface area contributed by atoms with Gasteiger partial charge in [-0.1, -0.05) is 13.3 Å². The van der Waals surface area contributed by atoms with E-state index in [9.17, 15) is 4.79 Å². The van der Waals surface area contributed by atoms with Crippen LogP contribution in [0.25, 0.3) is 0 Å². The van der Waals surface area contributed by atoms with Crippen LogP contribution in [0.1, 0.15) is 50.0 Å². The maximum Gasteiger partial charge on any atom is 0.315 e. The number of hydrogen-bond acceptors (Lipinski definition) is 4. The van der Waals surface area contributed by atoms with Gasteiger partial charge in [-0.15, -0.1) is 0 Å². The number of rotatable bonds is 5. The molecule has 0 aromatic carbocycles. The molecule has 1 saturated carbocycles. The Morgan fingerprint density at radius 2 is 2.24 bits per heavy atom. The summed E-state index contributed by atoms with van der Waals surface area (Å²) in [5, 5.41) is 6.57. The second kappa shape index (κ2) is 7.73. The smallest absolute Gasteiger partial charge is 0.315 e. The number of carbonyl (C=O) groups excluding carboxylic acids is 1. The number of carbonyl (C=O) groups is 1. The van der Waals surface area contributed by atoms with Crippen LogP contribution >= 0.6 is 11.8 Å². The molecular formula is C15H25N3O2S. The summed E-state index contributed by atoms with van der Waals surface area (Å²) in [6, 6.07) is 0.159. The van der Waals surface area contributed by atoms with E-state index in [-0.39, 0.29) is 12.1 Å². The summed E-state index contributed by atoms with van der Waals surface area (Å²) in [6.45, 7) is 6.30. The van der Waals surface area contributed by atoms with E-state index >= 15 is 0 Å². The summed E-state index contributed by atoms with van der Waals surface area (Å²) in [5.41, 5.74) is 0.874. The zero-order valence-electron chi connectivity index (χ0n) is 13.1. The van der Waals surface area contributed by atoms with Crippen LogP contribution in [-0.4, -0.2) is 28.1 Å². The van der Waals surface area contributed by atoms with Crippen LogP contribution in [0.4, 0.5) is 4.79 Å². The molecule has 1 heterocycles. The van der Waals surface area contributed by atoms with Gasteiger partial charge in [-0.05, 0) is 38.9 Å². The molecule has 5 nitrogen and oxygen atoms in total. The highest BCUT2D eigenvalue weighted by Crippen LogP contribution is 2.28. The molecule has 2 atom stereocenters. The van der Waals surface area contributed by atoms with Crippen LogP contribution in [0.2, 0.25) is 0 Å². The van der Waals surface area contributed by atoms with Crippen molar-refractivity contribution < 1.29 is 9.21 Å². The number of urea groups is 1. The third-order valence-electron chi connectivity index (χ3n) is 3.84. The molecule has 1 aliphatic carbocycles. The van der Waals surface area contributed by atoms with Crippen molar-refractivity contribution in [2.45, 2.75) is 64.3 Å². The van der Waals surface area contributed by atoms with Crippen LogP contribution in [0.15, 0.2) is 4.42 Å². The van der Waals surface area contributed by atoms with E-state index in [1.807, 2.05) is 25.6 Å². The Labute approximate surface area is 130 Å². The second-order valence-electron chi connectivity index (χ2n) is 5.52. The van der Waals surface area contributed by atoms with Crippen LogP contribution in [0.3, 0.4) is 0 Å². The van der Waals surface area contributed by atoms with Gasteiger partial charge in [0.2, 0.25) is 5.89 Å². The molecule has 2 amide bonds. The normalized spacial score (nSPS) is 22.0. The molecule has 1 aliphatic rings. The Balaban J connectivity index is 1.73. The highest BCUT2D eigenvalue weighted by atomic mass is 32.2. The minimum Gasteiger partial charge on any atom is -0.444 e. The van der Waals surface area contributed by atoms with Gasteiger partial charge >= 0.3 is 6.03 Å². The van der Waals surface area contributed by atoms with Crippen molar-refractivity contribution in [2.75, 3.05) is 5.75 Å². The van der Waals surface area contributed by atoms with Crippen LogP contribution in [0, 0.1) is 13.8 Å². The SMILES string of the molecule is CCS[C@@H]1CCC[C@@H](NC(=O)NCc2nc(C)c(C)o2)C1. The first kappa shape index (κ1) is 16.2. The third-order valence-corrected chi connectivity index (χ3v) is 5.07. The fourth-order valence-electron chi connectivity index (χ4n) is 2.67. The summed E-state index contributed by atoms with van der Waals surface area (Å²) < 4.78 is 5.45. The van der Waals surface area contributed by atoms with E-state index in [0.717, 1.165) is 30.0 Å². The van der Waals surface area contributed by atoms with Crippen molar-refractivity contribution in [2.24, 2.45) is 0 Å². The van der Waals surface area contributed by atoms with Crippen molar-refractivity contribution in [3.05, 3.63) is 17.3 Å². The van der Waals surface area contributed by atoms with Crippen LogP contribution < -0.4 is 10.6 Å². The number of aromatic nitrogens is 1. The molecule has 1 aromatic rings. The average Bonchev–Trinajstić information content (AvgIpc) is 2.76. The molecule has 0 saturated heterocycles. The summed E-state index contributed by atoms with van der Waals surface area (Å²) in [7, 11) is 0. The predicted octanol–water partition coefficient (Wildman–Crippen LogP) is 3.15. The highest BCUT2D eigenvalue weighted by Gasteiger charge is 2.23. The molecule has 1 fully saturated rings. The lowest BCUT2D eigenvalue weighted by atomic mass is 9.95. The summed E-state index contributed by atoms with van der Waals surface area (Å²) >= 11 is 2.00. The molecule has 0 bridgehead atoms. The van der Waals surface area contributed by atoms with Crippen molar-refractivity contribution >= 4 is 17.8 Å². The summed E-state index contributed by atoms with van der Waals surface area (Å²) in [4.78, 5) is 16.2. The van der Waals surface area contributed by atoms with Gasteiger partial charge in [0.15, 0.2) is 0 Å². The van der Waals surface area contributed by atoms with E-state index in [1.54, 1.807) is 0 Å². The van der Waals surface area contributed by atoms with Crippen molar-refractivity contribution in [1.82, 2.24) is 15.6 Å². The maximum absolute atomic E-state index is 11.9. The lowest BCUT2D eigenvalue weighted by molar-refractivity contribution is 0.231. The standard InChI is InChI=1S/C15H25N3O2S/c1-4-21-13-7-5-6-12(8-13)18-15(19)16-9-14-17-10(2)11(3)20-14/h12-13H,4-9H2,1-3H3,(H2,16,18,19)/t12-,13-/m1/s1. The first-order valence-corrected chi connectivity index (χ1v) is 8.72. The van der Waals surface area contributed by atoms with Gasteiger partial charge in [0.1, 0.15) is 5.76 Å². The monoisotopic (exact) mass is 311 g/mol. The number of nitrogens with one attached hydrogen (secondary N) is 2. The molecule has 2 rings (SSSR count). The molecule has 0 aliphatic heterocycles. The highest BCUT2D eigenvalue weighted by molar-refractivity contribution is 7.99. The third kappa shape index (κ3) is 4.95. The van der Waals surface area contributed by atoms with Gasteiger partial charge in [0, 0.05) is 11.3 Å². The average molecular weight is 311 g/mol. The molecular weight excluding hydrogens is 286 g/mol. The van der Waals surface area contributed by atoms with E-state index in [0.29, 0.717) is 17.7 Å². The first-order chi connectivity index (χ1) is 10.1. The van der Waals surface area contributed by atoms with Gasteiger partial charge in [0.05, 0.1) is 12.2 Å². The van der Waals surface area contributed by atoms with Gasteiger partial charge in [-0.3, -0.25) is 0 Å². The largest absolute Gasteiger partial charge is 0.444 e. The van der Waals surface area contributed by atoms with Crippen molar-refractivity contribution in [3.8, 4) is 0 Å². The lowest BCUT2D eigenvalue weighted by Crippen LogP contribution is -2.44.